The zero-order chi connectivity index (χ0) is 18.4. The zero-order valence-corrected chi connectivity index (χ0v) is 15.6. The smallest absolute Gasteiger partial charge is 0.331 e. The van der Waals surface area contributed by atoms with Crippen LogP contribution in [-0.4, -0.2) is 18.5 Å². The average molecular weight is 419 g/mol. The number of nitrogens with one attached hydrogen (secondary N) is 1. The summed E-state index contributed by atoms with van der Waals surface area (Å²) in [4.78, 5) is 23.4. The molecule has 2 rings (SSSR count). The third-order valence-corrected chi connectivity index (χ3v) is 3.85. The quantitative estimate of drug-likeness (QED) is 0.515. The molecule has 0 aliphatic heterocycles. The topological polar surface area (TPSA) is 55.4 Å². The Bertz CT molecular complexity index is 816. The summed E-state index contributed by atoms with van der Waals surface area (Å²) >= 11 is 23.4. The van der Waals surface area contributed by atoms with E-state index in [0.29, 0.717) is 31.3 Å². The van der Waals surface area contributed by atoms with Crippen molar-refractivity contribution >= 4 is 70.0 Å². The Morgan fingerprint density at radius 1 is 0.960 bits per heavy atom. The van der Waals surface area contributed by atoms with E-state index in [-0.39, 0.29) is 0 Å². The van der Waals surface area contributed by atoms with Crippen LogP contribution in [0.4, 0.5) is 5.69 Å². The van der Waals surface area contributed by atoms with Gasteiger partial charge >= 0.3 is 5.97 Å². The molecule has 0 fully saturated rings. The normalized spacial score (nSPS) is 10.7. The first-order valence-corrected chi connectivity index (χ1v) is 8.40. The van der Waals surface area contributed by atoms with Gasteiger partial charge in [0.15, 0.2) is 6.61 Å². The fourth-order valence-electron chi connectivity index (χ4n) is 1.80. The Hall–Kier alpha value is -1.72. The highest BCUT2D eigenvalue weighted by Gasteiger charge is 2.07. The van der Waals surface area contributed by atoms with Crippen LogP contribution in [0.3, 0.4) is 0 Å². The predicted molar refractivity (Wildman–Crippen MR) is 102 cm³/mol. The molecule has 0 bridgehead atoms. The molecule has 0 saturated carbocycles. The fraction of sp³-hybridized carbons (Fsp3) is 0.0588. The van der Waals surface area contributed by atoms with E-state index < -0.39 is 18.5 Å². The van der Waals surface area contributed by atoms with Crippen molar-refractivity contribution in [3.8, 4) is 0 Å². The van der Waals surface area contributed by atoms with E-state index in [4.69, 9.17) is 51.1 Å². The first-order valence-electron chi connectivity index (χ1n) is 6.89. The van der Waals surface area contributed by atoms with Crippen molar-refractivity contribution < 1.29 is 14.3 Å². The lowest BCUT2D eigenvalue weighted by atomic mass is 10.2. The molecule has 130 valence electrons. The van der Waals surface area contributed by atoms with Crippen LogP contribution in [0, 0.1) is 0 Å². The van der Waals surface area contributed by atoms with Crippen LogP contribution in [0.25, 0.3) is 6.08 Å². The molecule has 2 aromatic rings. The number of carbonyl (C=O) groups excluding carboxylic acids is 2. The summed E-state index contributed by atoms with van der Waals surface area (Å²) < 4.78 is 4.85. The molecule has 0 heterocycles. The zero-order valence-electron chi connectivity index (χ0n) is 12.6. The van der Waals surface area contributed by atoms with Crippen molar-refractivity contribution in [1.29, 1.82) is 0 Å². The molecule has 4 nitrogen and oxygen atoms in total. The number of hydrogen-bond acceptors (Lipinski definition) is 3. The van der Waals surface area contributed by atoms with Crippen LogP contribution in [0.2, 0.25) is 20.1 Å². The van der Waals surface area contributed by atoms with E-state index in [2.05, 4.69) is 5.32 Å². The van der Waals surface area contributed by atoms with Crippen LogP contribution < -0.4 is 5.32 Å². The van der Waals surface area contributed by atoms with Crippen LogP contribution in [0.15, 0.2) is 42.5 Å². The van der Waals surface area contributed by atoms with Gasteiger partial charge in [0.2, 0.25) is 0 Å². The number of benzene rings is 2. The second kappa shape index (κ2) is 9.11. The Labute approximate surface area is 164 Å². The third kappa shape index (κ3) is 6.59. The highest BCUT2D eigenvalue weighted by atomic mass is 35.5. The molecule has 8 heteroatoms. The number of carbonyl (C=O) groups is 2. The Kier molecular flexibility index (Phi) is 7.14. The van der Waals surface area contributed by atoms with Crippen LogP contribution in [-0.2, 0) is 14.3 Å². The van der Waals surface area contributed by atoms with Crippen molar-refractivity contribution in [2.24, 2.45) is 0 Å². The summed E-state index contributed by atoms with van der Waals surface area (Å²) in [6, 6.07) is 9.43. The molecule has 1 N–H and O–H groups in total. The van der Waals surface area contributed by atoms with Crippen molar-refractivity contribution in [1.82, 2.24) is 0 Å². The van der Waals surface area contributed by atoms with Crippen LogP contribution in [0.5, 0.6) is 0 Å². The van der Waals surface area contributed by atoms with Gasteiger partial charge in [-0.2, -0.15) is 0 Å². The second-order valence-electron chi connectivity index (χ2n) is 4.81. The van der Waals surface area contributed by atoms with Gasteiger partial charge in [-0.3, -0.25) is 4.79 Å². The average Bonchev–Trinajstić information content (AvgIpc) is 2.51. The number of hydrogen-bond donors (Lipinski definition) is 1. The maximum atomic E-state index is 11.8. The van der Waals surface area contributed by atoms with E-state index in [1.165, 1.54) is 30.4 Å². The van der Waals surface area contributed by atoms with Gasteiger partial charge in [-0.05, 0) is 42.0 Å². The molecule has 25 heavy (non-hydrogen) atoms. The summed E-state index contributed by atoms with van der Waals surface area (Å²) in [5, 5.41) is 4.16. The van der Waals surface area contributed by atoms with E-state index in [0.717, 1.165) is 0 Å². The highest BCUT2D eigenvalue weighted by Crippen LogP contribution is 2.23. The van der Waals surface area contributed by atoms with Gasteiger partial charge in [0.1, 0.15) is 0 Å². The van der Waals surface area contributed by atoms with Crippen molar-refractivity contribution in [2.75, 3.05) is 11.9 Å². The predicted octanol–water partition coefficient (Wildman–Crippen LogP) is 5.50. The fourth-order valence-corrected chi connectivity index (χ4v) is 2.80. The monoisotopic (exact) mass is 417 g/mol. The SMILES string of the molecule is O=C(COC(=O)/C=C/c1ccc(Cl)cc1Cl)Nc1cc(Cl)cc(Cl)c1. The Morgan fingerprint density at radius 2 is 1.64 bits per heavy atom. The number of esters is 1. The van der Waals surface area contributed by atoms with Gasteiger partial charge in [-0.25, -0.2) is 4.79 Å². The molecule has 0 atom stereocenters. The molecule has 0 saturated heterocycles. The van der Waals surface area contributed by atoms with Crippen LogP contribution in [0.1, 0.15) is 5.56 Å². The van der Waals surface area contributed by atoms with Gasteiger partial charge in [0, 0.05) is 31.9 Å². The first kappa shape index (κ1) is 19.6. The molecule has 0 aliphatic carbocycles. The maximum Gasteiger partial charge on any atom is 0.331 e. The third-order valence-electron chi connectivity index (χ3n) is 2.85. The van der Waals surface area contributed by atoms with Crippen molar-refractivity contribution in [2.45, 2.75) is 0 Å². The minimum Gasteiger partial charge on any atom is -0.452 e. The minimum atomic E-state index is -0.690. The molecule has 1 amide bonds. The van der Waals surface area contributed by atoms with Gasteiger partial charge in [-0.15, -0.1) is 0 Å². The summed E-state index contributed by atoms with van der Waals surface area (Å²) in [5.74, 6) is -1.21. The molecule has 2 aromatic carbocycles. The van der Waals surface area contributed by atoms with E-state index in [9.17, 15) is 9.59 Å². The summed E-state index contributed by atoms with van der Waals surface area (Å²) in [6.07, 6.45) is 2.63. The number of ether oxygens (including phenoxy) is 1. The molecule has 0 spiro atoms. The van der Waals surface area contributed by atoms with E-state index >= 15 is 0 Å². The summed E-state index contributed by atoms with van der Waals surface area (Å²) in [7, 11) is 0. The minimum absolute atomic E-state index is 0.377. The molecular weight excluding hydrogens is 408 g/mol. The Morgan fingerprint density at radius 3 is 2.28 bits per heavy atom. The Balaban J connectivity index is 1.86. The lowest BCUT2D eigenvalue weighted by molar-refractivity contribution is -0.142. The van der Waals surface area contributed by atoms with Crippen molar-refractivity contribution in [3.05, 3.63) is 68.1 Å². The van der Waals surface area contributed by atoms with E-state index in [1.807, 2.05) is 0 Å². The molecule has 0 aromatic heterocycles. The van der Waals surface area contributed by atoms with Gasteiger partial charge in [-0.1, -0.05) is 52.5 Å². The lowest BCUT2D eigenvalue weighted by Crippen LogP contribution is -2.20. The summed E-state index contributed by atoms with van der Waals surface area (Å²) in [5.41, 5.74) is 1.00. The lowest BCUT2D eigenvalue weighted by Gasteiger charge is -2.06. The highest BCUT2D eigenvalue weighted by molar-refractivity contribution is 6.36. The number of amides is 1. The second-order valence-corrected chi connectivity index (χ2v) is 6.53. The number of halogens is 4. The van der Waals surface area contributed by atoms with E-state index in [1.54, 1.807) is 18.2 Å². The first-order chi connectivity index (χ1) is 11.8. The standard InChI is InChI=1S/C17H11Cl4NO3/c18-11-3-1-10(15(21)8-11)2-4-17(24)25-9-16(23)22-14-6-12(19)5-13(20)7-14/h1-8H,9H2,(H,22,23)/b4-2+. The van der Waals surface area contributed by atoms with Crippen LogP contribution >= 0.6 is 46.4 Å². The number of anilines is 1. The molecule has 0 unspecified atom stereocenters. The van der Waals surface area contributed by atoms with Gasteiger partial charge in [0.05, 0.1) is 0 Å². The molecule has 0 aliphatic rings. The molecule has 0 radical (unpaired) electrons. The molecular formula is C17H11Cl4NO3. The largest absolute Gasteiger partial charge is 0.452 e. The van der Waals surface area contributed by atoms with Crippen molar-refractivity contribution in [3.63, 3.8) is 0 Å². The maximum absolute atomic E-state index is 11.8. The number of rotatable bonds is 5. The van der Waals surface area contributed by atoms with Gasteiger partial charge in [0.25, 0.3) is 5.91 Å². The summed E-state index contributed by atoms with van der Waals surface area (Å²) in [6.45, 7) is -0.457. The van der Waals surface area contributed by atoms with Gasteiger partial charge < -0.3 is 10.1 Å².